The van der Waals surface area contributed by atoms with E-state index in [1.54, 1.807) is 24.3 Å². The summed E-state index contributed by atoms with van der Waals surface area (Å²) in [5, 5.41) is 17.5. The minimum Gasteiger partial charge on any atom is -0.417 e. The maximum atomic E-state index is 11.5. The van der Waals surface area contributed by atoms with Gasteiger partial charge in [-0.3, -0.25) is 0 Å². The quantitative estimate of drug-likeness (QED) is 0.363. The van der Waals surface area contributed by atoms with E-state index in [2.05, 4.69) is 0 Å². The Balaban J connectivity index is 1.98. The minimum atomic E-state index is -0.965. The van der Waals surface area contributed by atoms with Gasteiger partial charge < -0.3 is 9.47 Å². The van der Waals surface area contributed by atoms with Gasteiger partial charge >= 0.3 is 11.9 Å². The van der Waals surface area contributed by atoms with Crippen LogP contribution in [0.25, 0.3) is 0 Å². The lowest BCUT2D eigenvalue weighted by Crippen LogP contribution is -2.08. The summed E-state index contributed by atoms with van der Waals surface area (Å²) >= 11 is 0. The number of nitriles is 2. The predicted molar refractivity (Wildman–Crippen MR) is 81.4 cm³/mol. The SMILES string of the molecule is N#Cc1cccc(OC(=O)C#CC(=O)Oc2cccc(C#N)c2)c1. The maximum absolute atomic E-state index is 11.5. The topological polar surface area (TPSA) is 100 Å². The molecule has 24 heavy (non-hydrogen) atoms. The molecule has 0 aromatic heterocycles. The molecule has 6 heteroatoms. The van der Waals surface area contributed by atoms with Gasteiger partial charge in [-0.15, -0.1) is 0 Å². The summed E-state index contributed by atoms with van der Waals surface area (Å²) < 4.78 is 9.76. The molecule has 0 atom stereocenters. The molecule has 0 unspecified atom stereocenters. The fraction of sp³-hybridized carbons (Fsp3) is 0. The molecular weight excluding hydrogens is 308 g/mol. The van der Waals surface area contributed by atoms with Crippen LogP contribution in [-0.4, -0.2) is 11.9 Å². The van der Waals surface area contributed by atoms with Gasteiger partial charge in [0.1, 0.15) is 11.5 Å². The normalized spacial score (nSPS) is 8.75. The van der Waals surface area contributed by atoms with Gasteiger partial charge in [0.05, 0.1) is 23.3 Å². The van der Waals surface area contributed by atoms with Crippen LogP contribution in [0.4, 0.5) is 0 Å². The third kappa shape index (κ3) is 4.73. The summed E-state index contributed by atoms with van der Waals surface area (Å²) in [4.78, 5) is 23.1. The summed E-state index contributed by atoms with van der Waals surface area (Å²) in [5.74, 6) is 2.32. The monoisotopic (exact) mass is 316 g/mol. The number of esters is 2. The second kappa shape index (κ2) is 7.79. The summed E-state index contributed by atoms with van der Waals surface area (Å²) in [6, 6.07) is 15.7. The van der Waals surface area contributed by atoms with Crippen LogP contribution in [0.5, 0.6) is 11.5 Å². The van der Waals surface area contributed by atoms with Gasteiger partial charge in [-0.2, -0.15) is 10.5 Å². The van der Waals surface area contributed by atoms with Crippen LogP contribution in [0.1, 0.15) is 11.1 Å². The number of carbonyl (C=O) groups is 2. The van der Waals surface area contributed by atoms with Crippen molar-refractivity contribution in [1.82, 2.24) is 0 Å². The van der Waals surface area contributed by atoms with E-state index in [0.29, 0.717) is 11.1 Å². The lowest BCUT2D eigenvalue weighted by molar-refractivity contribution is -0.130. The summed E-state index contributed by atoms with van der Waals surface area (Å²) in [6.45, 7) is 0. The Morgan fingerprint density at radius 2 is 1.17 bits per heavy atom. The fourth-order valence-corrected chi connectivity index (χ4v) is 1.63. The van der Waals surface area contributed by atoms with E-state index in [1.165, 1.54) is 24.3 Å². The van der Waals surface area contributed by atoms with Gasteiger partial charge in [0.2, 0.25) is 0 Å². The smallest absolute Gasteiger partial charge is 0.390 e. The molecule has 0 aliphatic rings. The first-order chi connectivity index (χ1) is 11.6. The molecule has 0 saturated heterocycles. The molecule has 0 spiro atoms. The number of carbonyl (C=O) groups excluding carboxylic acids is 2. The van der Waals surface area contributed by atoms with E-state index in [1.807, 2.05) is 24.0 Å². The van der Waals surface area contributed by atoms with Crippen molar-refractivity contribution in [2.24, 2.45) is 0 Å². The first-order valence-electron chi connectivity index (χ1n) is 6.56. The van der Waals surface area contributed by atoms with Crippen LogP contribution in [0.15, 0.2) is 48.5 Å². The van der Waals surface area contributed by atoms with E-state index in [-0.39, 0.29) is 11.5 Å². The summed E-state index contributed by atoms with van der Waals surface area (Å²) in [5.41, 5.74) is 0.648. The average molecular weight is 316 g/mol. The van der Waals surface area contributed by atoms with Gasteiger partial charge in [-0.25, -0.2) is 9.59 Å². The molecular formula is C18H8N2O4. The molecule has 0 fully saturated rings. The largest absolute Gasteiger partial charge is 0.417 e. The van der Waals surface area contributed by atoms with Gasteiger partial charge in [0.25, 0.3) is 0 Å². The van der Waals surface area contributed by atoms with Crippen LogP contribution in [0.3, 0.4) is 0 Å². The predicted octanol–water partition coefficient (Wildman–Crippen LogP) is 1.94. The highest BCUT2D eigenvalue weighted by atomic mass is 16.5. The van der Waals surface area contributed by atoms with Gasteiger partial charge in [-0.05, 0) is 36.4 Å². The molecule has 0 amide bonds. The zero-order valence-electron chi connectivity index (χ0n) is 12.1. The first-order valence-corrected chi connectivity index (χ1v) is 6.56. The standard InChI is InChI=1S/C18H8N2O4/c19-11-13-3-1-5-15(9-13)23-17(21)7-8-18(22)24-16-6-2-4-14(10-16)12-20/h1-6,9-10H. The van der Waals surface area contributed by atoms with Gasteiger partial charge in [0.15, 0.2) is 0 Å². The number of hydrogen-bond acceptors (Lipinski definition) is 6. The first kappa shape index (κ1) is 16.3. The van der Waals surface area contributed by atoms with E-state index in [0.717, 1.165) is 0 Å². The average Bonchev–Trinajstić information content (AvgIpc) is 2.60. The highest BCUT2D eigenvalue weighted by Gasteiger charge is 2.05. The lowest BCUT2D eigenvalue weighted by Gasteiger charge is -2.00. The Kier molecular flexibility index (Phi) is 5.29. The fourth-order valence-electron chi connectivity index (χ4n) is 1.63. The number of rotatable bonds is 2. The summed E-state index contributed by atoms with van der Waals surface area (Å²) in [6.07, 6.45) is 0. The van der Waals surface area contributed by atoms with Crippen LogP contribution in [0, 0.1) is 34.5 Å². The van der Waals surface area contributed by atoms with E-state index >= 15 is 0 Å². The van der Waals surface area contributed by atoms with E-state index < -0.39 is 11.9 Å². The highest BCUT2D eigenvalue weighted by Crippen LogP contribution is 2.13. The molecule has 2 rings (SSSR count). The Morgan fingerprint density at radius 1 is 0.750 bits per heavy atom. The minimum absolute atomic E-state index is 0.142. The molecule has 0 N–H and O–H groups in total. The maximum Gasteiger partial charge on any atom is 0.390 e. The molecule has 0 saturated carbocycles. The molecule has 0 bridgehead atoms. The van der Waals surface area contributed by atoms with Crippen molar-refractivity contribution in [2.75, 3.05) is 0 Å². The lowest BCUT2D eigenvalue weighted by atomic mass is 10.2. The highest BCUT2D eigenvalue weighted by molar-refractivity contribution is 5.99. The third-order valence-electron chi connectivity index (χ3n) is 2.61. The third-order valence-corrected chi connectivity index (χ3v) is 2.61. The molecule has 0 aliphatic heterocycles. The number of hydrogen-bond donors (Lipinski definition) is 0. The Hall–Kier alpha value is -4.08. The zero-order chi connectivity index (χ0) is 17.4. The second-order valence-electron chi connectivity index (χ2n) is 4.31. The molecule has 2 aromatic rings. The molecule has 2 aromatic carbocycles. The molecule has 0 heterocycles. The zero-order valence-corrected chi connectivity index (χ0v) is 12.1. The van der Waals surface area contributed by atoms with E-state index in [4.69, 9.17) is 20.0 Å². The van der Waals surface area contributed by atoms with Gasteiger partial charge in [0, 0.05) is 11.8 Å². The van der Waals surface area contributed by atoms with Crippen molar-refractivity contribution in [3.63, 3.8) is 0 Å². The van der Waals surface area contributed by atoms with Crippen molar-refractivity contribution in [3.05, 3.63) is 59.7 Å². The van der Waals surface area contributed by atoms with Crippen LogP contribution < -0.4 is 9.47 Å². The van der Waals surface area contributed by atoms with Crippen molar-refractivity contribution in [2.45, 2.75) is 0 Å². The van der Waals surface area contributed by atoms with Crippen LogP contribution in [0.2, 0.25) is 0 Å². The summed E-state index contributed by atoms with van der Waals surface area (Å²) in [7, 11) is 0. The van der Waals surface area contributed by atoms with Gasteiger partial charge in [-0.1, -0.05) is 12.1 Å². The van der Waals surface area contributed by atoms with Crippen molar-refractivity contribution in [1.29, 1.82) is 10.5 Å². The molecule has 6 nitrogen and oxygen atoms in total. The molecule has 0 aliphatic carbocycles. The molecule has 0 radical (unpaired) electrons. The van der Waals surface area contributed by atoms with Crippen molar-refractivity contribution < 1.29 is 19.1 Å². The van der Waals surface area contributed by atoms with Crippen molar-refractivity contribution >= 4 is 11.9 Å². The number of benzene rings is 2. The van der Waals surface area contributed by atoms with Crippen LogP contribution in [-0.2, 0) is 9.59 Å². The van der Waals surface area contributed by atoms with Crippen LogP contribution >= 0.6 is 0 Å². The number of nitrogens with zero attached hydrogens (tertiary/aromatic N) is 2. The van der Waals surface area contributed by atoms with Crippen molar-refractivity contribution in [3.8, 4) is 35.5 Å². The Labute approximate surface area is 137 Å². The Morgan fingerprint density at radius 3 is 1.54 bits per heavy atom. The number of ether oxygens (including phenoxy) is 2. The van der Waals surface area contributed by atoms with E-state index in [9.17, 15) is 9.59 Å². The Bertz CT molecular complexity index is 864. The second-order valence-corrected chi connectivity index (χ2v) is 4.31. The molecule has 114 valence electrons.